The molecule has 0 atom stereocenters. The quantitative estimate of drug-likeness (QED) is 0.473. The SMILES string of the molecule is CCN1C(=O)/C(=C/c2cccc(OCc3ccc(C)cc3)c2)S/C1=N/c1nnc(C)s1. The molecule has 1 saturated heterocycles. The summed E-state index contributed by atoms with van der Waals surface area (Å²) in [6.45, 7) is 6.91. The predicted molar refractivity (Wildman–Crippen MR) is 127 cm³/mol. The van der Waals surface area contributed by atoms with Crippen molar-refractivity contribution < 1.29 is 9.53 Å². The topological polar surface area (TPSA) is 67.7 Å². The lowest BCUT2D eigenvalue weighted by molar-refractivity contribution is -0.122. The number of carbonyl (C=O) groups is 1. The van der Waals surface area contributed by atoms with E-state index in [1.54, 1.807) is 4.90 Å². The normalized spacial score (nSPS) is 16.5. The summed E-state index contributed by atoms with van der Waals surface area (Å²) in [5, 5.41) is 10.1. The van der Waals surface area contributed by atoms with Gasteiger partial charge in [-0.1, -0.05) is 53.3 Å². The van der Waals surface area contributed by atoms with Crippen LogP contribution in [-0.2, 0) is 11.4 Å². The molecule has 0 aliphatic carbocycles. The molecule has 1 fully saturated rings. The van der Waals surface area contributed by atoms with E-state index in [2.05, 4.69) is 46.4 Å². The van der Waals surface area contributed by atoms with E-state index < -0.39 is 0 Å². The second kappa shape index (κ2) is 9.45. The molecule has 0 spiro atoms. The van der Waals surface area contributed by atoms with Crippen molar-refractivity contribution in [3.05, 3.63) is 75.1 Å². The number of amides is 1. The van der Waals surface area contributed by atoms with E-state index in [4.69, 9.17) is 4.74 Å². The van der Waals surface area contributed by atoms with Gasteiger partial charge in [-0.15, -0.1) is 10.2 Å². The number of aromatic nitrogens is 2. The van der Waals surface area contributed by atoms with E-state index in [0.29, 0.717) is 28.4 Å². The van der Waals surface area contributed by atoms with Gasteiger partial charge in [0.1, 0.15) is 17.4 Å². The minimum atomic E-state index is -0.0570. The Morgan fingerprint density at radius 3 is 2.65 bits per heavy atom. The smallest absolute Gasteiger partial charge is 0.266 e. The number of likely N-dealkylation sites (N-methyl/N-ethyl adjacent to an activating group) is 1. The zero-order chi connectivity index (χ0) is 21.8. The van der Waals surface area contributed by atoms with Crippen LogP contribution in [0.2, 0.25) is 0 Å². The summed E-state index contributed by atoms with van der Waals surface area (Å²) < 4.78 is 5.94. The summed E-state index contributed by atoms with van der Waals surface area (Å²) in [5.41, 5.74) is 3.24. The number of benzene rings is 2. The molecule has 3 aromatic rings. The number of hydrogen-bond acceptors (Lipinski definition) is 7. The number of amidine groups is 1. The Kier molecular flexibility index (Phi) is 6.48. The molecule has 2 heterocycles. The zero-order valence-corrected chi connectivity index (χ0v) is 19.2. The molecule has 0 unspecified atom stereocenters. The van der Waals surface area contributed by atoms with Crippen LogP contribution in [0.3, 0.4) is 0 Å². The Labute approximate surface area is 189 Å². The van der Waals surface area contributed by atoms with Crippen LogP contribution in [0, 0.1) is 13.8 Å². The van der Waals surface area contributed by atoms with Gasteiger partial charge in [0.05, 0.1) is 4.91 Å². The minimum Gasteiger partial charge on any atom is -0.489 e. The Morgan fingerprint density at radius 2 is 1.94 bits per heavy atom. The van der Waals surface area contributed by atoms with E-state index in [1.165, 1.54) is 28.7 Å². The maximum atomic E-state index is 12.9. The highest BCUT2D eigenvalue weighted by Gasteiger charge is 2.32. The zero-order valence-electron chi connectivity index (χ0n) is 17.5. The maximum Gasteiger partial charge on any atom is 0.266 e. The van der Waals surface area contributed by atoms with E-state index in [0.717, 1.165) is 21.9 Å². The summed E-state index contributed by atoms with van der Waals surface area (Å²) in [4.78, 5) is 19.7. The number of hydrogen-bond donors (Lipinski definition) is 0. The summed E-state index contributed by atoms with van der Waals surface area (Å²) >= 11 is 2.76. The fourth-order valence-corrected chi connectivity index (χ4v) is 4.64. The predicted octanol–water partition coefficient (Wildman–Crippen LogP) is 5.36. The fraction of sp³-hybridized carbons (Fsp3) is 0.217. The molecule has 0 bridgehead atoms. The Morgan fingerprint density at radius 1 is 1.13 bits per heavy atom. The van der Waals surface area contributed by atoms with Gasteiger partial charge in [-0.3, -0.25) is 9.69 Å². The molecule has 31 heavy (non-hydrogen) atoms. The molecule has 2 aromatic carbocycles. The van der Waals surface area contributed by atoms with Crippen molar-refractivity contribution in [2.75, 3.05) is 6.54 Å². The highest BCUT2D eigenvalue weighted by Crippen LogP contribution is 2.34. The van der Waals surface area contributed by atoms with Crippen molar-refractivity contribution in [1.82, 2.24) is 15.1 Å². The van der Waals surface area contributed by atoms with Gasteiger partial charge in [-0.05, 0) is 61.9 Å². The second-order valence-electron chi connectivity index (χ2n) is 7.00. The van der Waals surface area contributed by atoms with Gasteiger partial charge in [0.25, 0.3) is 5.91 Å². The number of aliphatic imine (C=N–C) groups is 1. The van der Waals surface area contributed by atoms with Gasteiger partial charge in [0.2, 0.25) is 5.13 Å². The second-order valence-corrected chi connectivity index (χ2v) is 9.17. The summed E-state index contributed by atoms with van der Waals surface area (Å²) in [5.74, 6) is 0.703. The van der Waals surface area contributed by atoms with E-state index in [-0.39, 0.29) is 5.91 Å². The Bertz CT molecular complexity index is 1150. The van der Waals surface area contributed by atoms with E-state index in [9.17, 15) is 4.79 Å². The largest absolute Gasteiger partial charge is 0.489 e. The van der Waals surface area contributed by atoms with Crippen LogP contribution in [-0.4, -0.2) is 32.7 Å². The van der Waals surface area contributed by atoms with Crippen LogP contribution in [0.4, 0.5) is 5.13 Å². The van der Waals surface area contributed by atoms with Gasteiger partial charge in [-0.25, -0.2) is 0 Å². The maximum absolute atomic E-state index is 12.9. The highest BCUT2D eigenvalue weighted by atomic mass is 32.2. The lowest BCUT2D eigenvalue weighted by Crippen LogP contribution is -2.28. The number of thioether (sulfide) groups is 1. The number of rotatable bonds is 6. The number of nitrogens with zero attached hydrogens (tertiary/aromatic N) is 4. The summed E-state index contributed by atoms with van der Waals surface area (Å²) in [6, 6.07) is 16.0. The van der Waals surface area contributed by atoms with Crippen LogP contribution >= 0.6 is 23.1 Å². The van der Waals surface area contributed by atoms with Crippen molar-refractivity contribution in [3.8, 4) is 5.75 Å². The van der Waals surface area contributed by atoms with E-state index in [1.807, 2.05) is 44.2 Å². The number of carbonyl (C=O) groups excluding carboxylic acids is 1. The first-order valence-corrected chi connectivity index (χ1v) is 11.5. The first-order chi connectivity index (χ1) is 15.0. The molecule has 1 aliphatic heterocycles. The molecule has 0 radical (unpaired) electrons. The molecule has 1 amide bonds. The molecule has 0 N–H and O–H groups in total. The third kappa shape index (κ3) is 5.21. The molecule has 4 rings (SSSR count). The molecular weight excluding hydrogens is 428 g/mol. The van der Waals surface area contributed by atoms with Crippen molar-refractivity contribution in [3.63, 3.8) is 0 Å². The van der Waals surface area contributed by atoms with E-state index >= 15 is 0 Å². The third-order valence-electron chi connectivity index (χ3n) is 4.59. The molecule has 158 valence electrons. The Balaban J connectivity index is 1.51. The molecule has 1 aliphatic rings. The highest BCUT2D eigenvalue weighted by molar-refractivity contribution is 8.18. The molecule has 1 aromatic heterocycles. The summed E-state index contributed by atoms with van der Waals surface area (Å²) in [7, 11) is 0. The van der Waals surface area contributed by atoms with Crippen LogP contribution in [0.5, 0.6) is 5.75 Å². The average Bonchev–Trinajstić information content (AvgIpc) is 3.30. The van der Waals surface area contributed by atoms with Crippen molar-refractivity contribution >= 4 is 45.4 Å². The van der Waals surface area contributed by atoms with Crippen molar-refractivity contribution in [1.29, 1.82) is 0 Å². The standard InChI is InChI=1S/C23H22N4O2S2/c1-4-27-21(28)20(31-23(27)24-22-26-25-16(3)30-22)13-18-6-5-7-19(12-18)29-14-17-10-8-15(2)9-11-17/h5-13H,4,14H2,1-3H3/b20-13-,24-23+. The fourth-order valence-electron chi connectivity index (χ4n) is 2.98. The molecular formula is C23H22N4O2S2. The van der Waals surface area contributed by atoms with Gasteiger partial charge >= 0.3 is 0 Å². The van der Waals surface area contributed by atoms with Crippen LogP contribution in [0.1, 0.15) is 28.6 Å². The minimum absolute atomic E-state index is 0.0570. The average molecular weight is 451 g/mol. The van der Waals surface area contributed by atoms with Gasteiger partial charge in [0, 0.05) is 6.54 Å². The molecule has 6 nitrogen and oxygen atoms in total. The molecule has 0 saturated carbocycles. The third-order valence-corrected chi connectivity index (χ3v) is 6.33. The lowest BCUT2D eigenvalue weighted by atomic mass is 10.1. The van der Waals surface area contributed by atoms with Crippen LogP contribution < -0.4 is 4.74 Å². The molecule has 8 heteroatoms. The lowest BCUT2D eigenvalue weighted by Gasteiger charge is -2.11. The van der Waals surface area contributed by atoms with Gasteiger partial charge < -0.3 is 4.74 Å². The first kappa shape index (κ1) is 21.3. The Hall–Kier alpha value is -2.97. The number of aryl methyl sites for hydroxylation is 2. The number of ether oxygens (including phenoxy) is 1. The van der Waals surface area contributed by atoms with Crippen LogP contribution in [0.15, 0.2) is 58.4 Å². The van der Waals surface area contributed by atoms with Crippen molar-refractivity contribution in [2.45, 2.75) is 27.4 Å². The van der Waals surface area contributed by atoms with Gasteiger partial charge in [-0.2, -0.15) is 4.99 Å². The summed E-state index contributed by atoms with van der Waals surface area (Å²) in [6.07, 6.45) is 1.88. The first-order valence-electron chi connectivity index (χ1n) is 9.90. The van der Waals surface area contributed by atoms with Gasteiger partial charge in [0.15, 0.2) is 5.17 Å². The van der Waals surface area contributed by atoms with Crippen LogP contribution in [0.25, 0.3) is 6.08 Å². The monoisotopic (exact) mass is 450 g/mol. The van der Waals surface area contributed by atoms with Crippen molar-refractivity contribution in [2.24, 2.45) is 4.99 Å².